The second-order valence-corrected chi connectivity index (χ2v) is 5.40. The highest BCUT2D eigenvalue weighted by Crippen LogP contribution is 2.17. The Bertz CT molecular complexity index is 404. The van der Waals surface area contributed by atoms with Crippen molar-refractivity contribution < 1.29 is 13.9 Å². The summed E-state index contributed by atoms with van der Waals surface area (Å²) in [6, 6.07) is 5.26. The Balaban J connectivity index is 2.46. The fraction of sp³-hybridized carbons (Fsp3) is 0.625. The number of benzene rings is 1. The second kappa shape index (κ2) is 11.0. The molecule has 3 nitrogen and oxygen atoms in total. The summed E-state index contributed by atoms with van der Waals surface area (Å²) in [6.45, 7) is 4.95. The minimum Gasteiger partial charge on any atom is -0.382 e. The summed E-state index contributed by atoms with van der Waals surface area (Å²) in [5.41, 5.74) is 0.947. The molecule has 1 unspecified atom stereocenters. The molecule has 0 amide bonds. The van der Waals surface area contributed by atoms with Crippen LogP contribution in [0.5, 0.6) is 0 Å². The van der Waals surface area contributed by atoms with Crippen LogP contribution in [0.1, 0.15) is 25.3 Å². The average Bonchev–Trinajstić information content (AvgIpc) is 2.48. The molecule has 0 aromatic heterocycles. The van der Waals surface area contributed by atoms with Crippen molar-refractivity contribution in [3.05, 3.63) is 34.6 Å². The Morgan fingerprint density at radius 1 is 1.29 bits per heavy atom. The summed E-state index contributed by atoms with van der Waals surface area (Å²) < 4.78 is 23.9. The minimum atomic E-state index is -0.361. The molecule has 120 valence electrons. The summed E-state index contributed by atoms with van der Waals surface area (Å²) in [7, 11) is 1.66. The third kappa shape index (κ3) is 7.77. The summed E-state index contributed by atoms with van der Waals surface area (Å²) in [5, 5.41) is 3.64. The van der Waals surface area contributed by atoms with Crippen molar-refractivity contribution in [2.75, 3.05) is 33.5 Å². The van der Waals surface area contributed by atoms with E-state index in [1.807, 2.05) is 6.07 Å². The predicted molar refractivity (Wildman–Crippen MR) is 84.5 cm³/mol. The lowest BCUT2D eigenvalue weighted by molar-refractivity contribution is 0.0658. The standard InChI is InChI=1S/C16H25ClFNO2/c1-3-7-19-14(6-8-21-10-9-20-2)11-13-4-5-15(17)16(18)12-13/h4-5,12,14,19H,3,6-11H2,1-2H3. The van der Waals surface area contributed by atoms with Crippen molar-refractivity contribution in [3.8, 4) is 0 Å². The van der Waals surface area contributed by atoms with Gasteiger partial charge in [0, 0.05) is 19.8 Å². The van der Waals surface area contributed by atoms with Crippen molar-refractivity contribution in [2.24, 2.45) is 0 Å². The summed E-state index contributed by atoms with van der Waals surface area (Å²) >= 11 is 5.71. The van der Waals surface area contributed by atoms with Gasteiger partial charge in [-0.1, -0.05) is 24.6 Å². The first-order valence-electron chi connectivity index (χ1n) is 7.41. The van der Waals surface area contributed by atoms with E-state index in [0.29, 0.717) is 19.8 Å². The molecule has 0 aliphatic carbocycles. The molecule has 0 aliphatic heterocycles. The number of rotatable bonds is 11. The lowest BCUT2D eigenvalue weighted by Crippen LogP contribution is -2.33. The van der Waals surface area contributed by atoms with Gasteiger partial charge in [0.25, 0.3) is 0 Å². The first-order valence-corrected chi connectivity index (χ1v) is 7.79. The molecule has 0 radical (unpaired) electrons. The molecule has 21 heavy (non-hydrogen) atoms. The molecular formula is C16H25ClFNO2. The zero-order chi connectivity index (χ0) is 15.5. The van der Waals surface area contributed by atoms with Crippen LogP contribution in [0.15, 0.2) is 18.2 Å². The van der Waals surface area contributed by atoms with Crippen LogP contribution in [-0.2, 0) is 15.9 Å². The van der Waals surface area contributed by atoms with Gasteiger partial charge in [0.2, 0.25) is 0 Å². The normalized spacial score (nSPS) is 12.6. The van der Waals surface area contributed by atoms with Crippen molar-refractivity contribution in [1.82, 2.24) is 5.32 Å². The van der Waals surface area contributed by atoms with Gasteiger partial charge in [-0.05, 0) is 43.5 Å². The smallest absolute Gasteiger partial charge is 0.142 e. The number of hydrogen-bond donors (Lipinski definition) is 1. The molecule has 1 aromatic carbocycles. The SMILES string of the molecule is CCCNC(CCOCCOC)Cc1ccc(Cl)c(F)c1. The van der Waals surface area contributed by atoms with E-state index in [4.69, 9.17) is 21.1 Å². The van der Waals surface area contributed by atoms with E-state index in [9.17, 15) is 4.39 Å². The van der Waals surface area contributed by atoms with Crippen LogP contribution in [0.2, 0.25) is 5.02 Å². The van der Waals surface area contributed by atoms with Gasteiger partial charge in [0.1, 0.15) is 5.82 Å². The predicted octanol–water partition coefficient (Wildman–Crippen LogP) is 3.44. The van der Waals surface area contributed by atoms with Crippen LogP contribution in [0.3, 0.4) is 0 Å². The molecule has 0 heterocycles. The Kier molecular flexibility index (Phi) is 9.59. The maximum absolute atomic E-state index is 13.5. The van der Waals surface area contributed by atoms with Crippen LogP contribution in [0, 0.1) is 5.82 Å². The minimum absolute atomic E-state index is 0.166. The van der Waals surface area contributed by atoms with Crippen molar-refractivity contribution in [1.29, 1.82) is 0 Å². The monoisotopic (exact) mass is 317 g/mol. The van der Waals surface area contributed by atoms with Gasteiger partial charge in [-0.15, -0.1) is 0 Å². The van der Waals surface area contributed by atoms with Crippen LogP contribution in [0.25, 0.3) is 0 Å². The largest absolute Gasteiger partial charge is 0.382 e. The van der Waals surface area contributed by atoms with E-state index in [-0.39, 0.29) is 16.9 Å². The fourth-order valence-corrected chi connectivity index (χ4v) is 2.16. The van der Waals surface area contributed by atoms with Gasteiger partial charge in [0.15, 0.2) is 0 Å². The van der Waals surface area contributed by atoms with Crippen molar-refractivity contribution in [3.63, 3.8) is 0 Å². The Morgan fingerprint density at radius 3 is 2.76 bits per heavy atom. The first-order chi connectivity index (χ1) is 10.2. The maximum atomic E-state index is 13.5. The molecule has 1 aromatic rings. The average molecular weight is 318 g/mol. The van der Waals surface area contributed by atoms with Crippen LogP contribution < -0.4 is 5.32 Å². The summed E-state index contributed by atoms with van der Waals surface area (Å²) in [5.74, 6) is -0.361. The molecule has 0 aliphatic rings. The van der Waals surface area contributed by atoms with Crippen LogP contribution in [0.4, 0.5) is 4.39 Å². The van der Waals surface area contributed by atoms with Gasteiger partial charge in [0.05, 0.1) is 18.2 Å². The third-order valence-electron chi connectivity index (χ3n) is 3.19. The number of halogens is 2. The van der Waals surface area contributed by atoms with Crippen molar-refractivity contribution in [2.45, 2.75) is 32.2 Å². The Morgan fingerprint density at radius 2 is 2.10 bits per heavy atom. The van der Waals surface area contributed by atoms with E-state index in [1.165, 1.54) is 6.07 Å². The maximum Gasteiger partial charge on any atom is 0.142 e. The van der Waals surface area contributed by atoms with Gasteiger partial charge >= 0.3 is 0 Å². The van der Waals surface area contributed by atoms with Gasteiger partial charge < -0.3 is 14.8 Å². The molecule has 0 spiro atoms. The number of methoxy groups -OCH3 is 1. The molecular weight excluding hydrogens is 293 g/mol. The Hall–Kier alpha value is -0.680. The lowest BCUT2D eigenvalue weighted by Gasteiger charge is -2.19. The lowest BCUT2D eigenvalue weighted by atomic mass is 10.0. The van der Waals surface area contributed by atoms with Gasteiger partial charge in [-0.3, -0.25) is 0 Å². The highest BCUT2D eigenvalue weighted by molar-refractivity contribution is 6.30. The first kappa shape index (κ1) is 18.4. The molecule has 0 fully saturated rings. The zero-order valence-electron chi connectivity index (χ0n) is 12.8. The summed E-state index contributed by atoms with van der Waals surface area (Å²) in [4.78, 5) is 0. The van der Waals surface area contributed by atoms with Crippen molar-refractivity contribution >= 4 is 11.6 Å². The topological polar surface area (TPSA) is 30.5 Å². The zero-order valence-corrected chi connectivity index (χ0v) is 13.6. The highest BCUT2D eigenvalue weighted by Gasteiger charge is 2.10. The molecule has 1 N–H and O–H groups in total. The van der Waals surface area contributed by atoms with Gasteiger partial charge in [-0.2, -0.15) is 0 Å². The number of ether oxygens (including phenoxy) is 2. The quantitative estimate of drug-likeness (QED) is 0.634. The molecule has 0 saturated carbocycles. The highest BCUT2D eigenvalue weighted by atomic mass is 35.5. The van der Waals surface area contributed by atoms with Gasteiger partial charge in [-0.25, -0.2) is 4.39 Å². The van der Waals surface area contributed by atoms with Crippen LogP contribution in [-0.4, -0.2) is 39.5 Å². The fourth-order valence-electron chi connectivity index (χ4n) is 2.05. The third-order valence-corrected chi connectivity index (χ3v) is 3.50. The number of hydrogen-bond acceptors (Lipinski definition) is 3. The molecule has 5 heteroatoms. The van der Waals surface area contributed by atoms with Crippen LogP contribution >= 0.6 is 11.6 Å². The molecule has 1 rings (SSSR count). The van der Waals surface area contributed by atoms with E-state index in [1.54, 1.807) is 13.2 Å². The number of nitrogens with one attached hydrogen (secondary N) is 1. The molecule has 0 saturated heterocycles. The Labute approximate surface area is 131 Å². The molecule has 1 atom stereocenters. The van der Waals surface area contributed by atoms with E-state index < -0.39 is 0 Å². The van der Waals surface area contributed by atoms with E-state index >= 15 is 0 Å². The van der Waals surface area contributed by atoms with E-state index in [2.05, 4.69) is 12.2 Å². The second-order valence-electron chi connectivity index (χ2n) is 5.00. The summed E-state index contributed by atoms with van der Waals surface area (Å²) in [6.07, 6.45) is 2.71. The molecule has 0 bridgehead atoms. The van der Waals surface area contributed by atoms with E-state index in [0.717, 1.165) is 31.4 Å².